The van der Waals surface area contributed by atoms with Crippen molar-refractivity contribution >= 4 is 53.4 Å². The predicted octanol–water partition coefficient (Wildman–Crippen LogP) is 6.61. The van der Waals surface area contributed by atoms with Crippen molar-refractivity contribution in [1.29, 1.82) is 0 Å². The van der Waals surface area contributed by atoms with Crippen molar-refractivity contribution in [3.8, 4) is 34.1 Å². The first-order valence-electron chi connectivity index (χ1n) is 8.43. The zero-order chi connectivity index (χ0) is 20.0. The van der Waals surface area contributed by atoms with E-state index in [9.17, 15) is 10.2 Å². The van der Waals surface area contributed by atoms with Gasteiger partial charge in [-0.15, -0.1) is 0 Å². The van der Waals surface area contributed by atoms with Gasteiger partial charge in [0, 0.05) is 11.1 Å². The van der Waals surface area contributed by atoms with Gasteiger partial charge in [-0.25, -0.2) is 0 Å². The van der Waals surface area contributed by atoms with Crippen LogP contribution < -0.4 is 9.47 Å². The maximum absolute atomic E-state index is 10.8. The maximum Gasteiger partial charge on any atom is 0.133 e. The first-order valence-corrected chi connectivity index (χ1v) is 10.0. The largest absolute Gasteiger partial charge is 0.507 e. The molecule has 4 aromatic carbocycles. The van der Waals surface area contributed by atoms with Crippen LogP contribution in [0.5, 0.6) is 23.0 Å². The molecule has 4 nitrogen and oxygen atoms in total. The number of aromatic hydroxyl groups is 2. The first-order chi connectivity index (χ1) is 13.4. The minimum Gasteiger partial charge on any atom is -0.507 e. The highest BCUT2D eigenvalue weighted by Crippen LogP contribution is 2.47. The number of phenols is 2. The third-order valence-corrected chi connectivity index (χ3v) is 6.03. The number of benzene rings is 4. The van der Waals surface area contributed by atoms with Crippen LogP contribution in [0.25, 0.3) is 32.7 Å². The first kappa shape index (κ1) is 18.9. The molecule has 0 bridgehead atoms. The molecule has 28 heavy (non-hydrogen) atoms. The zero-order valence-corrected chi connectivity index (χ0v) is 18.3. The summed E-state index contributed by atoms with van der Waals surface area (Å²) in [5.74, 6) is 1.42. The van der Waals surface area contributed by atoms with Crippen LogP contribution in [0.15, 0.2) is 57.5 Å². The Labute approximate surface area is 178 Å². The maximum atomic E-state index is 10.8. The second kappa shape index (κ2) is 7.18. The monoisotopic (exact) mass is 502 g/mol. The van der Waals surface area contributed by atoms with Crippen LogP contribution in [0.1, 0.15) is 0 Å². The molecule has 0 saturated heterocycles. The van der Waals surface area contributed by atoms with E-state index >= 15 is 0 Å². The van der Waals surface area contributed by atoms with Crippen molar-refractivity contribution in [1.82, 2.24) is 0 Å². The van der Waals surface area contributed by atoms with Crippen LogP contribution in [0.3, 0.4) is 0 Å². The van der Waals surface area contributed by atoms with Crippen molar-refractivity contribution in [2.24, 2.45) is 0 Å². The Morgan fingerprint density at radius 1 is 0.643 bits per heavy atom. The number of ether oxygens (including phenoxy) is 2. The molecule has 0 fully saturated rings. The number of halogens is 2. The van der Waals surface area contributed by atoms with Crippen LogP contribution >= 0.6 is 31.9 Å². The minimum atomic E-state index is 0.0709. The van der Waals surface area contributed by atoms with Gasteiger partial charge in [0.1, 0.15) is 23.0 Å². The molecule has 4 aromatic rings. The van der Waals surface area contributed by atoms with Crippen LogP contribution in [0, 0.1) is 0 Å². The summed E-state index contributed by atoms with van der Waals surface area (Å²) in [6.45, 7) is 0. The molecule has 0 atom stereocenters. The van der Waals surface area contributed by atoms with Crippen LogP contribution in [-0.4, -0.2) is 24.4 Å². The lowest BCUT2D eigenvalue weighted by Gasteiger charge is -2.16. The molecular weight excluding hydrogens is 488 g/mol. The van der Waals surface area contributed by atoms with Crippen molar-refractivity contribution in [3.63, 3.8) is 0 Å². The van der Waals surface area contributed by atoms with Crippen LogP contribution in [0.4, 0.5) is 0 Å². The Bertz CT molecular complexity index is 1140. The summed E-state index contributed by atoms with van der Waals surface area (Å²) >= 11 is 7.00. The van der Waals surface area contributed by atoms with Crippen molar-refractivity contribution in [3.05, 3.63) is 57.5 Å². The number of hydrogen-bond acceptors (Lipinski definition) is 4. The molecule has 6 heteroatoms. The van der Waals surface area contributed by atoms with E-state index in [1.807, 2.05) is 36.4 Å². The van der Waals surface area contributed by atoms with E-state index in [4.69, 9.17) is 9.47 Å². The van der Waals surface area contributed by atoms with E-state index in [-0.39, 0.29) is 11.5 Å². The highest BCUT2D eigenvalue weighted by molar-refractivity contribution is 9.11. The second-order valence-corrected chi connectivity index (χ2v) is 8.04. The number of fused-ring (bicyclic) bond motifs is 2. The summed E-state index contributed by atoms with van der Waals surface area (Å²) in [4.78, 5) is 0. The molecular formula is C22H16Br2O4. The summed E-state index contributed by atoms with van der Waals surface area (Å²) in [5, 5.41) is 24.9. The van der Waals surface area contributed by atoms with E-state index in [1.165, 1.54) is 0 Å². The van der Waals surface area contributed by atoms with E-state index in [1.54, 1.807) is 26.4 Å². The van der Waals surface area contributed by atoms with Gasteiger partial charge in [-0.1, -0.05) is 12.1 Å². The van der Waals surface area contributed by atoms with Gasteiger partial charge in [0.15, 0.2) is 0 Å². The molecule has 0 aliphatic carbocycles. The molecule has 0 amide bonds. The molecule has 0 saturated carbocycles. The number of rotatable bonds is 3. The van der Waals surface area contributed by atoms with Gasteiger partial charge in [-0.05, 0) is 89.8 Å². The summed E-state index contributed by atoms with van der Waals surface area (Å²) < 4.78 is 12.5. The number of phenolic OH excluding ortho intramolecular Hbond substituents is 2. The molecule has 0 heterocycles. The lowest BCUT2D eigenvalue weighted by Crippen LogP contribution is -1.91. The van der Waals surface area contributed by atoms with Gasteiger partial charge in [0.2, 0.25) is 0 Å². The van der Waals surface area contributed by atoms with Gasteiger partial charge in [0.05, 0.1) is 23.2 Å². The van der Waals surface area contributed by atoms with E-state index in [0.717, 1.165) is 30.5 Å². The number of methoxy groups -OCH3 is 2. The predicted molar refractivity (Wildman–Crippen MR) is 119 cm³/mol. The molecule has 0 spiro atoms. The lowest BCUT2D eigenvalue weighted by molar-refractivity contribution is 0.412. The topological polar surface area (TPSA) is 58.9 Å². The molecule has 0 radical (unpaired) electrons. The fraction of sp³-hybridized carbons (Fsp3) is 0.0909. The Morgan fingerprint density at radius 3 is 1.39 bits per heavy atom. The molecule has 142 valence electrons. The summed E-state index contributed by atoms with van der Waals surface area (Å²) in [7, 11) is 3.18. The van der Waals surface area contributed by atoms with E-state index in [2.05, 4.69) is 31.9 Å². The normalized spacial score (nSPS) is 11.1. The van der Waals surface area contributed by atoms with Gasteiger partial charge < -0.3 is 19.7 Å². The Morgan fingerprint density at radius 2 is 1.04 bits per heavy atom. The third-order valence-electron chi connectivity index (χ3n) is 4.79. The molecule has 2 N–H and O–H groups in total. The van der Waals surface area contributed by atoms with Crippen molar-refractivity contribution in [2.45, 2.75) is 0 Å². The van der Waals surface area contributed by atoms with Gasteiger partial charge >= 0.3 is 0 Å². The summed E-state index contributed by atoms with van der Waals surface area (Å²) in [6, 6.07) is 14.5. The smallest absolute Gasteiger partial charge is 0.133 e. The Kier molecular flexibility index (Phi) is 4.85. The van der Waals surface area contributed by atoms with Gasteiger partial charge in [-0.3, -0.25) is 0 Å². The molecule has 4 rings (SSSR count). The van der Waals surface area contributed by atoms with E-state index in [0.29, 0.717) is 22.6 Å². The molecule has 0 aromatic heterocycles. The average Bonchev–Trinajstić information content (AvgIpc) is 2.68. The lowest BCUT2D eigenvalue weighted by atomic mass is 9.92. The molecule has 0 aliphatic heterocycles. The highest BCUT2D eigenvalue weighted by Gasteiger charge is 2.19. The van der Waals surface area contributed by atoms with Gasteiger partial charge in [-0.2, -0.15) is 0 Å². The Balaban J connectivity index is 2.17. The summed E-state index contributed by atoms with van der Waals surface area (Å²) in [5.41, 5.74) is 1.08. The molecule has 0 unspecified atom stereocenters. The Hall–Kier alpha value is -2.44. The van der Waals surface area contributed by atoms with Crippen LogP contribution in [-0.2, 0) is 0 Å². The van der Waals surface area contributed by atoms with Crippen LogP contribution in [0.2, 0.25) is 0 Å². The second-order valence-electron chi connectivity index (χ2n) is 6.34. The van der Waals surface area contributed by atoms with Crippen molar-refractivity contribution in [2.75, 3.05) is 14.2 Å². The average molecular weight is 504 g/mol. The van der Waals surface area contributed by atoms with Gasteiger partial charge in [0.25, 0.3) is 0 Å². The highest BCUT2D eigenvalue weighted by atomic mass is 79.9. The quantitative estimate of drug-likeness (QED) is 0.330. The standard InChI is InChI=1S/C22H16Br2O4/c1-27-19-9-13-11(7-15(19)23)3-5-17(25)21(13)22-14-10-20(28-2)16(24)8-12(14)4-6-18(22)26/h3-10,25-26H,1-2H3. The fourth-order valence-electron chi connectivity index (χ4n) is 3.46. The number of hydrogen-bond donors (Lipinski definition) is 2. The molecule has 0 aliphatic rings. The minimum absolute atomic E-state index is 0.0709. The fourth-order valence-corrected chi connectivity index (χ4v) is 4.51. The third kappa shape index (κ3) is 2.97. The zero-order valence-electron chi connectivity index (χ0n) is 15.1. The SMILES string of the molecule is COc1cc2c(-c3c(O)ccc4cc(Br)c(OC)cc34)c(O)ccc2cc1Br. The van der Waals surface area contributed by atoms with E-state index < -0.39 is 0 Å². The van der Waals surface area contributed by atoms with Crippen molar-refractivity contribution < 1.29 is 19.7 Å². The summed E-state index contributed by atoms with van der Waals surface area (Å²) in [6.07, 6.45) is 0.